The Kier molecular flexibility index (Phi) is 3.48. The third-order valence-corrected chi connectivity index (χ3v) is 2.88. The maximum Gasteiger partial charge on any atom is 0.248 e. The van der Waals surface area contributed by atoms with Crippen LogP contribution in [0.1, 0.15) is 27.0 Å². The van der Waals surface area contributed by atoms with Crippen molar-refractivity contribution in [3.63, 3.8) is 0 Å². The van der Waals surface area contributed by atoms with Gasteiger partial charge in [0, 0.05) is 12.0 Å². The maximum atomic E-state index is 11.3. The van der Waals surface area contributed by atoms with Crippen LogP contribution in [-0.2, 0) is 6.42 Å². The van der Waals surface area contributed by atoms with E-state index < -0.39 is 5.91 Å². The minimum absolute atomic E-state index is 0.0401. The molecule has 3 N–H and O–H groups in total. The second kappa shape index (κ2) is 5.23. The number of amides is 1. The SMILES string of the molecule is N#Cc1ccc(Cc2ccccc2C(N)=O)c(O)c1. The standard InChI is InChI=1S/C15H12N2O2/c16-9-10-5-6-12(14(18)7-10)8-11-3-1-2-4-13(11)15(17)19/h1-7,18H,8H2,(H2,17,19). The quantitative estimate of drug-likeness (QED) is 0.875. The molecule has 0 aromatic heterocycles. The van der Waals surface area contributed by atoms with Gasteiger partial charge in [-0.2, -0.15) is 5.26 Å². The first-order chi connectivity index (χ1) is 9.11. The molecule has 0 aliphatic carbocycles. The summed E-state index contributed by atoms with van der Waals surface area (Å²) in [6.45, 7) is 0. The van der Waals surface area contributed by atoms with Gasteiger partial charge in [-0.05, 0) is 29.3 Å². The summed E-state index contributed by atoms with van der Waals surface area (Å²) in [5, 5.41) is 18.6. The molecule has 2 aromatic carbocycles. The van der Waals surface area contributed by atoms with E-state index in [0.717, 1.165) is 5.56 Å². The van der Waals surface area contributed by atoms with E-state index in [1.807, 2.05) is 12.1 Å². The van der Waals surface area contributed by atoms with Crippen molar-refractivity contribution in [2.45, 2.75) is 6.42 Å². The summed E-state index contributed by atoms with van der Waals surface area (Å²) in [6.07, 6.45) is 0.386. The molecule has 4 heteroatoms. The van der Waals surface area contributed by atoms with Crippen molar-refractivity contribution in [2.24, 2.45) is 5.73 Å². The molecule has 19 heavy (non-hydrogen) atoms. The topological polar surface area (TPSA) is 87.1 Å². The Labute approximate surface area is 110 Å². The lowest BCUT2D eigenvalue weighted by atomic mass is 9.98. The van der Waals surface area contributed by atoms with E-state index in [1.165, 1.54) is 6.07 Å². The summed E-state index contributed by atoms with van der Waals surface area (Å²) in [5.74, 6) is -0.456. The van der Waals surface area contributed by atoms with Crippen LogP contribution in [-0.4, -0.2) is 11.0 Å². The van der Waals surface area contributed by atoms with E-state index >= 15 is 0 Å². The van der Waals surface area contributed by atoms with Crippen LogP contribution >= 0.6 is 0 Å². The number of benzene rings is 2. The zero-order valence-electron chi connectivity index (χ0n) is 10.1. The van der Waals surface area contributed by atoms with Gasteiger partial charge in [0.15, 0.2) is 0 Å². The van der Waals surface area contributed by atoms with Crippen molar-refractivity contribution in [3.05, 3.63) is 64.7 Å². The lowest BCUT2D eigenvalue weighted by molar-refractivity contribution is 0.0999. The van der Waals surface area contributed by atoms with Crippen LogP contribution in [0.5, 0.6) is 5.75 Å². The van der Waals surface area contributed by atoms with Crippen molar-refractivity contribution in [1.29, 1.82) is 5.26 Å². The normalized spacial score (nSPS) is 9.84. The lowest BCUT2D eigenvalue weighted by Gasteiger charge is -2.08. The molecule has 0 aliphatic rings. The van der Waals surface area contributed by atoms with Crippen molar-refractivity contribution < 1.29 is 9.90 Å². The van der Waals surface area contributed by atoms with Crippen molar-refractivity contribution in [1.82, 2.24) is 0 Å². The van der Waals surface area contributed by atoms with Crippen molar-refractivity contribution in [2.75, 3.05) is 0 Å². The average Bonchev–Trinajstić information content (AvgIpc) is 2.41. The molecule has 4 nitrogen and oxygen atoms in total. The van der Waals surface area contributed by atoms with Crippen LogP contribution in [0.25, 0.3) is 0 Å². The number of carbonyl (C=O) groups excluding carboxylic acids is 1. The number of rotatable bonds is 3. The van der Waals surface area contributed by atoms with E-state index in [0.29, 0.717) is 23.1 Å². The number of primary amides is 1. The van der Waals surface area contributed by atoms with E-state index in [4.69, 9.17) is 11.0 Å². The van der Waals surface area contributed by atoms with Crippen LogP contribution < -0.4 is 5.73 Å². The molecule has 0 saturated carbocycles. The molecular formula is C15H12N2O2. The number of hydrogen-bond donors (Lipinski definition) is 2. The zero-order valence-corrected chi connectivity index (χ0v) is 10.1. The van der Waals surface area contributed by atoms with Gasteiger partial charge in [0.2, 0.25) is 5.91 Å². The Balaban J connectivity index is 2.37. The van der Waals surface area contributed by atoms with E-state index in [2.05, 4.69) is 0 Å². The number of hydrogen-bond acceptors (Lipinski definition) is 3. The molecule has 2 aromatic rings. The summed E-state index contributed by atoms with van der Waals surface area (Å²) < 4.78 is 0. The monoisotopic (exact) mass is 252 g/mol. The summed E-state index contributed by atoms with van der Waals surface area (Å²) in [6, 6.07) is 13.6. The molecule has 0 spiro atoms. The van der Waals surface area contributed by atoms with Crippen molar-refractivity contribution >= 4 is 5.91 Å². The number of nitrogens with two attached hydrogens (primary N) is 1. The van der Waals surface area contributed by atoms with Gasteiger partial charge < -0.3 is 10.8 Å². The highest BCUT2D eigenvalue weighted by Crippen LogP contribution is 2.23. The Bertz CT molecular complexity index is 672. The first-order valence-corrected chi connectivity index (χ1v) is 5.71. The predicted octanol–water partition coefficient (Wildman–Crippen LogP) is 1.95. The van der Waals surface area contributed by atoms with Gasteiger partial charge >= 0.3 is 0 Å². The van der Waals surface area contributed by atoms with Crippen LogP contribution in [0.15, 0.2) is 42.5 Å². The Hall–Kier alpha value is -2.80. The molecule has 0 atom stereocenters. The number of nitrogens with zero attached hydrogens (tertiary/aromatic N) is 1. The molecule has 0 unspecified atom stereocenters. The Morgan fingerprint density at radius 3 is 2.58 bits per heavy atom. The summed E-state index contributed by atoms with van der Waals surface area (Å²) in [4.78, 5) is 11.3. The third-order valence-electron chi connectivity index (χ3n) is 2.88. The second-order valence-corrected chi connectivity index (χ2v) is 4.15. The first-order valence-electron chi connectivity index (χ1n) is 5.71. The van der Waals surface area contributed by atoms with Crippen molar-refractivity contribution in [3.8, 4) is 11.8 Å². The molecule has 2 rings (SSSR count). The molecule has 0 fully saturated rings. The Morgan fingerprint density at radius 2 is 1.95 bits per heavy atom. The van der Waals surface area contributed by atoms with Crippen LogP contribution in [0.4, 0.5) is 0 Å². The molecular weight excluding hydrogens is 240 g/mol. The fourth-order valence-electron chi connectivity index (χ4n) is 1.90. The molecule has 0 radical (unpaired) electrons. The van der Waals surface area contributed by atoms with Gasteiger partial charge in [0.25, 0.3) is 0 Å². The van der Waals surface area contributed by atoms with Gasteiger partial charge in [-0.3, -0.25) is 4.79 Å². The first kappa shape index (κ1) is 12.7. The highest BCUT2D eigenvalue weighted by Gasteiger charge is 2.10. The Morgan fingerprint density at radius 1 is 1.21 bits per heavy atom. The van der Waals surface area contributed by atoms with Crippen LogP contribution in [0.3, 0.4) is 0 Å². The number of phenols is 1. The molecule has 94 valence electrons. The smallest absolute Gasteiger partial charge is 0.248 e. The second-order valence-electron chi connectivity index (χ2n) is 4.15. The third kappa shape index (κ3) is 2.72. The van der Waals surface area contributed by atoms with E-state index in [-0.39, 0.29) is 5.75 Å². The summed E-state index contributed by atoms with van der Waals surface area (Å²) >= 11 is 0. The fraction of sp³-hybridized carbons (Fsp3) is 0.0667. The zero-order chi connectivity index (χ0) is 13.8. The van der Waals surface area contributed by atoms with E-state index in [9.17, 15) is 9.90 Å². The fourth-order valence-corrected chi connectivity index (χ4v) is 1.90. The summed E-state index contributed by atoms with van der Waals surface area (Å²) in [5.41, 5.74) is 7.53. The average molecular weight is 252 g/mol. The van der Waals surface area contributed by atoms with E-state index in [1.54, 1.807) is 30.3 Å². The number of carbonyl (C=O) groups is 1. The van der Waals surface area contributed by atoms with Gasteiger partial charge in [0.05, 0.1) is 11.6 Å². The highest BCUT2D eigenvalue weighted by atomic mass is 16.3. The van der Waals surface area contributed by atoms with Gasteiger partial charge in [-0.25, -0.2) is 0 Å². The molecule has 1 amide bonds. The van der Waals surface area contributed by atoms with Gasteiger partial charge in [0.1, 0.15) is 5.75 Å². The minimum Gasteiger partial charge on any atom is -0.508 e. The van der Waals surface area contributed by atoms with Gasteiger partial charge in [-0.15, -0.1) is 0 Å². The highest BCUT2D eigenvalue weighted by molar-refractivity contribution is 5.94. The number of nitriles is 1. The van der Waals surface area contributed by atoms with Crippen LogP contribution in [0.2, 0.25) is 0 Å². The lowest BCUT2D eigenvalue weighted by Crippen LogP contribution is -2.13. The molecule has 0 aliphatic heterocycles. The number of aromatic hydroxyl groups is 1. The van der Waals surface area contributed by atoms with Gasteiger partial charge in [-0.1, -0.05) is 24.3 Å². The predicted molar refractivity (Wildman–Crippen MR) is 70.6 cm³/mol. The summed E-state index contributed by atoms with van der Waals surface area (Å²) in [7, 11) is 0. The molecule has 0 bridgehead atoms. The molecule has 0 heterocycles. The molecule has 0 saturated heterocycles. The largest absolute Gasteiger partial charge is 0.508 e. The minimum atomic E-state index is -0.497. The number of phenolic OH excluding ortho intramolecular Hbond substituents is 1. The maximum absolute atomic E-state index is 11.3. The van der Waals surface area contributed by atoms with Crippen LogP contribution in [0, 0.1) is 11.3 Å².